The number of carbonyl (C=O) groups excluding carboxylic acids is 1. The summed E-state index contributed by atoms with van der Waals surface area (Å²) in [6.45, 7) is 4.27. The van der Waals surface area contributed by atoms with E-state index < -0.39 is 0 Å². The Bertz CT molecular complexity index is 403. The minimum atomic E-state index is 0.207. The number of methoxy groups -OCH3 is 1. The van der Waals surface area contributed by atoms with Gasteiger partial charge in [-0.1, -0.05) is 23.3 Å². The van der Waals surface area contributed by atoms with Crippen molar-refractivity contribution >= 4 is 5.91 Å². The topological polar surface area (TPSA) is 38.3 Å². The molecule has 2 aliphatic rings. The molecular weight excluding hydrogens is 250 g/mol. The molecule has 3 heteroatoms. The molecular formula is C17H27NO2. The highest BCUT2D eigenvalue weighted by Crippen LogP contribution is 2.28. The summed E-state index contributed by atoms with van der Waals surface area (Å²) in [6.07, 6.45) is 10.6. The van der Waals surface area contributed by atoms with Crippen LogP contribution < -0.4 is 5.32 Å². The van der Waals surface area contributed by atoms with Crippen molar-refractivity contribution in [3.63, 3.8) is 0 Å². The Labute approximate surface area is 122 Å². The van der Waals surface area contributed by atoms with Crippen molar-refractivity contribution in [2.45, 2.75) is 64.5 Å². The fraction of sp³-hybridized carbons (Fsp3) is 0.706. The fourth-order valence-corrected chi connectivity index (χ4v) is 3.21. The summed E-state index contributed by atoms with van der Waals surface area (Å²) in [6, 6.07) is 0.346. The van der Waals surface area contributed by atoms with Crippen LogP contribution in [0.1, 0.15) is 52.4 Å². The first-order valence-electron chi connectivity index (χ1n) is 7.74. The number of amides is 1. The molecule has 1 amide bonds. The quantitative estimate of drug-likeness (QED) is 0.855. The van der Waals surface area contributed by atoms with Crippen LogP contribution in [-0.4, -0.2) is 25.2 Å². The van der Waals surface area contributed by atoms with Crippen LogP contribution in [0.5, 0.6) is 0 Å². The second-order valence-corrected chi connectivity index (χ2v) is 6.31. The number of ether oxygens (including phenoxy) is 1. The zero-order valence-electron chi connectivity index (χ0n) is 12.9. The van der Waals surface area contributed by atoms with Crippen molar-refractivity contribution in [1.29, 1.82) is 0 Å². The highest BCUT2D eigenvalue weighted by atomic mass is 16.5. The largest absolute Gasteiger partial charge is 0.381 e. The molecule has 1 fully saturated rings. The number of nitrogens with one attached hydrogen (secondary N) is 1. The van der Waals surface area contributed by atoms with Gasteiger partial charge in [-0.15, -0.1) is 0 Å². The molecule has 0 radical (unpaired) electrons. The maximum atomic E-state index is 12.2. The Morgan fingerprint density at radius 1 is 1.25 bits per heavy atom. The van der Waals surface area contributed by atoms with Gasteiger partial charge in [0.1, 0.15) is 0 Å². The van der Waals surface area contributed by atoms with E-state index >= 15 is 0 Å². The van der Waals surface area contributed by atoms with Gasteiger partial charge in [-0.05, 0) is 51.9 Å². The first-order chi connectivity index (χ1) is 9.58. The average molecular weight is 277 g/mol. The van der Waals surface area contributed by atoms with E-state index in [1.165, 1.54) is 11.1 Å². The molecule has 0 spiro atoms. The maximum absolute atomic E-state index is 12.2. The summed E-state index contributed by atoms with van der Waals surface area (Å²) in [5.41, 5.74) is 2.70. The van der Waals surface area contributed by atoms with Crippen molar-refractivity contribution in [3.8, 4) is 0 Å². The third-order valence-corrected chi connectivity index (χ3v) is 4.65. The summed E-state index contributed by atoms with van der Waals surface area (Å²) in [7, 11) is 1.78. The Balaban J connectivity index is 1.76. The van der Waals surface area contributed by atoms with Crippen LogP contribution in [0.4, 0.5) is 0 Å². The Hall–Kier alpha value is -1.09. The molecule has 0 aliphatic heterocycles. The molecule has 112 valence electrons. The number of hydrogen-bond donors (Lipinski definition) is 1. The normalized spacial score (nSPS) is 30.4. The molecule has 1 atom stereocenters. The van der Waals surface area contributed by atoms with Gasteiger partial charge in [0, 0.05) is 19.6 Å². The molecule has 20 heavy (non-hydrogen) atoms. The van der Waals surface area contributed by atoms with E-state index in [0.717, 1.165) is 32.1 Å². The molecule has 1 unspecified atom stereocenters. The second kappa shape index (κ2) is 7.07. The highest BCUT2D eigenvalue weighted by Gasteiger charge is 2.24. The maximum Gasteiger partial charge on any atom is 0.220 e. The van der Waals surface area contributed by atoms with Gasteiger partial charge in [-0.2, -0.15) is 0 Å². The smallest absolute Gasteiger partial charge is 0.220 e. The molecule has 0 saturated heterocycles. The number of hydrogen-bond acceptors (Lipinski definition) is 2. The third kappa shape index (κ3) is 4.20. The Morgan fingerprint density at radius 3 is 2.60 bits per heavy atom. The van der Waals surface area contributed by atoms with E-state index in [0.29, 0.717) is 24.5 Å². The number of rotatable bonds is 4. The fourth-order valence-electron chi connectivity index (χ4n) is 3.21. The van der Waals surface area contributed by atoms with Crippen molar-refractivity contribution in [2.24, 2.45) is 5.92 Å². The molecule has 3 nitrogen and oxygen atoms in total. The molecule has 1 saturated carbocycles. The molecule has 0 aromatic carbocycles. The van der Waals surface area contributed by atoms with E-state index in [9.17, 15) is 4.79 Å². The van der Waals surface area contributed by atoms with Crippen molar-refractivity contribution in [1.82, 2.24) is 5.32 Å². The van der Waals surface area contributed by atoms with Crippen LogP contribution in [0, 0.1) is 5.92 Å². The van der Waals surface area contributed by atoms with Crippen LogP contribution in [0.15, 0.2) is 23.3 Å². The predicted octanol–water partition coefficient (Wildman–Crippen LogP) is 3.36. The molecule has 0 aromatic rings. The zero-order chi connectivity index (χ0) is 14.5. The lowest BCUT2D eigenvalue weighted by Crippen LogP contribution is -2.39. The highest BCUT2D eigenvalue weighted by molar-refractivity contribution is 5.77. The molecule has 0 bridgehead atoms. The van der Waals surface area contributed by atoms with E-state index in [-0.39, 0.29) is 5.91 Å². The first kappa shape index (κ1) is 15.3. The van der Waals surface area contributed by atoms with E-state index in [1.54, 1.807) is 7.11 Å². The standard InChI is InChI=1S/C17H27NO2/c1-12-4-5-13(2)14(10-12)11-17(19)18-15-6-8-16(20-3)9-7-15/h4-5,14-16H,6-11H2,1-3H3,(H,18,19). The zero-order valence-corrected chi connectivity index (χ0v) is 12.9. The average Bonchev–Trinajstić information content (AvgIpc) is 2.43. The van der Waals surface area contributed by atoms with Gasteiger partial charge in [0.2, 0.25) is 5.91 Å². The summed E-state index contributed by atoms with van der Waals surface area (Å²) in [4.78, 5) is 12.2. The van der Waals surface area contributed by atoms with Crippen LogP contribution in [-0.2, 0) is 9.53 Å². The van der Waals surface area contributed by atoms with Crippen LogP contribution in [0.2, 0.25) is 0 Å². The van der Waals surface area contributed by atoms with E-state index in [2.05, 4.69) is 31.3 Å². The van der Waals surface area contributed by atoms with Gasteiger partial charge >= 0.3 is 0 Å². The summed E-state index contributed by atoms with van der Waals surface area (Å²) in [5.74, 6) is 0.591. The minimum absolute atomic E-state index is 0.207. The Morgan fingerprint density at radius 2 is 1.95 bits per heavy atom. The second-order valence-electron chi connectivity index (χ2n) is 6.31. The van der Waals surface area contributed by atoms with Crippen LogP contribution >= 0.6 is 0 Å². The molecule has 2 aliphatic carbocycles. The van der Waals surface area contributed by atoms with Gasteiger partial charge in [0.15, 0.2) is 0 Å². The van der Waals surface area contributed by atoms with Gasteiger partial charge in [-0.3, -0.25) is 4.79 Å². The van der Waals surface area contributed by atoms with E-state index in [1.807, 2.05) is 0 Å². The lowest BCUT2D eigenvalue weighted by atomic mass is 9.85. The summed E-state index contributed by atoms with van der Waals surface area (Å²) < 4.78 is 5.37. The summed E-state index contributed by atoms with van der Waals surface area (Å²) in [5, 5.41) is 3.21. The molecule has 0 aromatic heterocycles. The first-order valence-corrected chi connectivity index (χ1v) is 7.74. The molecule has 0 heterocycles. The van der Waals surface area contributed by atoms with Gasteiger partial charge in [0.25, 0.3) is 0 Å². The monoisotopic (exact) mass is 277 g/mol. The predicted molar refractivity (Wildman–Crippen MR) is 81.4 cm³/mol. The van der Waals surface area contributed by atoms with Crippen LogP contribution in [0.3, 0.4) is 0 Å². The summed E-state index contributed by atoms with van der Waals surface area (Å²) >= 11 is 0. The van der Waals surface area contributed by atoms with Crippen molar-refractivity contribution in [3.05, 3.63) is 23.3 Å². The van der Waals surface area contributed by atoms with Crippen LogP contribution in [0.25, 0.3) is 0 Å². The molecule has 1 N–H and O–H groups in total. The number of carbonyl (C=O) groups is 1. The van der Waals surface area contributed by atoms with E-state index in [4.69, 9.17) is 4.74 Å². The van der Waals surface area contributed by atoms with Gasteiger partial charge < -0.3 is 10.1 Å². The molecule has 2 rings (SSSR count). The lowest BCUT2D eigenvalue weighted by molar-refractivity contribution is -0.122. The number of allylic oxidation sites excluding steroid dienone is 4. The van der Waals surface area contributed by atoms with Gasteiger partial charge in [0.05, 0.1) is 6.10 Å². The van der Waals surface area contributed by atoms with Crippen molar-refractivity contribution in [2.75, 3.05) is 7.11 Å². The van der Waals surface area contributed by atoms with Crippen molar-refractivity contribution < 1.29 is 9.53 Å². The van der Waals surface area contributed by atoms with Gasteiger partial charge in [-0.25, -0.2) is 0 Å². The minimum Gasteiger partial charge on any atom is -0.381 e. The Kier molecular flexibility index (Phi) is 5.41. The third-order valence-electron chi connectivity index (χ3n) is 4.65. The SMILES string of the molecule is COC1CCC(NC(=O)CC2CC(C)=CC=C2C)CC1. The lowest BCUT2D eigenvalue weighted by Gasteiger charge is -2.29.